The van der Waals surface area contributed by atoms with Crippen molar-refractivity contribution in [2.24, 2.45) is 0 Å². The van der Waals surface area contributed by atoms with Crippen molar-refractivity contribution in [2.45, 2.75) is 64.7 Å². The summed E-state index contributed by atoms with van der Waals surface area (Å²) in [4.78, 5) is 21.7. The number of hydrogen-bond donors (Lipinski definition) is 1. The fourth-order valence-corrected chi connectivity index (χ4v) is 1.89. The Kier molecular flexibility index (Phi) is 10.9. The zero-order valence-electron chi connectivity index (χ0n) is 12.1. The molecule has 0 heterocycles. The molecule has 0 aliphatic carbocycles. The van der Waals surface area contributed by atoms with E-state index in [1.807, 2.05) is 13.0 Å². The largest absolute Gasteiger partial charge is 0.478 e. The highest BCUT2D eigenvalue weighted by molar-refractivity contribution is 5.86. The monoisotopic (exact) mass is 270 g/mol. The lowest BCUT2D eigenvalue weighted by molar-refractivity contribution is -0.140. The number of aliphatic carboxylic acids is 1. The van der Waals surface area contributed by atoms with Gasteiger partial charge in [0, 0.05) is 12.0 Å². The van der Waals surface area contributed by atoms with E-state index >= 15 is 0 Å². The summed E-state index contributed by atoms with van der Waals surface area (Å²) in [5.74, 6) is -0.937. The summed E-state index contributed by atoms with van der Waals surface area (Å²) >= 11 is 0. The van der Waals surface area contributed by atoms with Gasteiger partial charge >= 0.3 is 11.9 Å². The molecule has 19 heavy (non-hydrogen) atoms. The molecule has 0 aliphatic rings. The molecule has 0 radical (unpaired) electrons. The van der Waals surface area contributed by atoms with Gasteiger partial charge in [-0.3, -0.25) is 4.79 Å². The number of carbonyl (C=O) groups excluding carboxylic acids is 1. The zero-order valence-corrected chi connectivity index (χ0v) is 12.1. The predicted octanol–water partition coefficient (Wildman–Crippen LogP) is 3.70. The molecule has 4 nitrogen and oxygen atoms in total. The van der Waals surface area contributed by atoms with Gasteiger partial charge in [-0.1, -0.05) is 38.7 Å². The highest BCUT2D eigenvalue weighted by Gasteiger charge is 2.04. The minimum atomic E-state index is -0.792. The fourth-order valence-electron chi connectivity index (χ4n) is 1.89. The highest BCUT2D eigenvalue weighted by atomic mass is 16.5. The molecule has 0 amide bonds. The second-order valence-electron chi connectivity index (χ2n) is 4.67. The van der Waals surface area contributed by atoms with E-state index in [9.17, 15) is 9.59 Å². The lowest BCUT2D eigenvalue weighted by Gasteiger charge is -2.02. The lowest BCUT2D eigenvalue weighted by Crippen LogP contribution is -2.00. The topological polar surface area (TPSA) is 63.6 Å². The van der Waals surface area contributed by atoms with Crippen LogP contribution in [-0.2, 0) is 14.3 Å². The van der Waals surface area contributed by atoms with Crippen LogP contribution in [0.3, 0.4) is 0 Å². The smallest absolute Gasteiger partial charge is 0.331 e. The van der Waals surface area contributed by atoms with Crippen molar-refractivity contribution < 1.29 is 19.4 Å². The summed E-state index contributed by atoms with van der Waals surface area (Å²) < 4.78 is 4.56. The average Bonchev–Trinajstić information content (AvgIpc) is 2.39. The maximum Gasteiger partial charge on any atom is 0.331 e. The van der Waals surface area contributed by atoms with Crippen molar-refractivity contribution in [3.63, 3.8) is 0 Å². The fraction of sp³-hybridized carbons (Fsp3) is 0.733. The van der Waals surface area contributed by atoms with Crippen LogP contribution in [0.4, 0.5) is 0 Å². The summed E-state index contributed by atoms with van der Waals surface area (Å²) in [6.07, 6.45) is 9.77. The van der Waals surface area contributed by atoms with Crippen LogP contribution in [0, 0.1) is 0 Å². The van der Waals surface area contributed by atoms with E-state index in [4.69, 9.17) is 5.11 Å². The van der Waals surface area contributed by atoms with Gasteiger partial charge in [0.1, 0.15) is 0 Å². The molecule has 0 saturated heterocycles. The summed E-state index contributed by atoms with van der Waals surface area (Å²) in [6.45, 7) is 1.98. The number of carboxylic acids is 1. The number of esters is 1. The van der Waals surface area contributed by atoms with Crippen LogP contribution in [-0.4, -0.2) is 24.2 Å². The number of methoxy groups -OCH3 is 1. The Morgan fingerprint density at radius 1 is 1.05 bits per heavy atom. The van der Waals surface area contributed by atoms with Crippen LogP contribution in [0.5, 0.6) is 0 Å². The van der Waals surface area contributed by atoms with Gasteiger partial charge in [0.05, 0.1) is 7.11 Å². The third kappa shape index (κ3) is 10.3. The quantitative estimate of drug-likeness (QED) is 0.353. The molecule has 0 bridgehead atoms. The van der Waals surface area contributed by atoms with Gasteiger partial charge in [-0.05, 0) is 25.7 Å². The lowest BCUT2D eigenvalue weighted by atomic mass is 10.1. The van der Waals surface area contributed by atoms with Crippen LogP contribution in [0.2, 0.25) is 0 Å². The maximum absolute atomic E-state index is 10.9. The number of ether oxygens (including phenoxy) is 1. The Morgan fingerprint density at radius 3 is 2.26 bits per heavy atom. The van der Waals surface area contributed by atoms with E-state index in [2.05, 4.69) is 4.74 Å². The Balaban J connectivity index is 3.55. The molecule has 0 saturated carbocycles. The SMILES string of the molecule is CCCC(=CCCCCCCCC(=O)OC)C(=O)O. The molecule has 0 aliphatic heterocycles. The minimum Gasteiger partial charge on any atom is -0.478 e. The summed E-state index contributed by atoms with van der Waals surface area (Å²) in [7, 11) is 1.41. The van der Waals surface area contributed by atoms with Crippen molar-refractivity contribution in [2.75, 3.05) is 7.11 Å². The first-order chi connectivity index (χ1) is 9.11. The highest BCUT2D eigenvalue weighted by Crippen LogP contribution is 2.11. The van der Waals surface area contributed by atoms with Crippen molar-refractivity contribution in [1.82, 2.24) is 0 Å². The first kappa shape index (κ1) is 17.7. The second kappa shape index (κ2) is 11.8. The van der Waals surface area contributed by atoms with E-state index in [1.165, 1.54) is 7.11 Å². The molecule has 110 valence electrons. The Morgan fingerprint density at radius 2 is 1.68 bits per heavy atom. The summed E-state index contributed by atoms with van der Waals surface area (Å²) in [5, 5.41) is 8.94. The average molecular weight is 270 g/mol. The predicted molar refractivity (Wildman–Crippen MR) is 75.0 cm³/mol. The number of allylic oxidation sites excluding steroid dienone is 1. The first-order valence-corrected chi connectivity index (χ1v) is 7.11. The van der Waals surface area contributed by atoms with Gasteiger partial charge in [-0.2, -0.15) is 0 Å². The molecule has 0 fully saturated rings. The molecule has 0 atom stereocenters. The van der Waals surface area contributed by atoms with Gasteiger partial charge in [-0.25, -0.2) is 4.79 Å². The molecule has 0 rings (SSSR count). The van der Waals surface area contributed by atoms with Gasteiger partial charge < -0.3 is 9.84 Å². The number of carbonyl (C=O) groups is 2. The van der Waals surface area contributed by atoms with Gasteiger partial charge in [0.2, 0.25) is 0 Å². The summed E-state index contributed by atoms with van der Waals surface area (Å²) in [6, 6.07) is 0. The summed E-state index contributed by atoms with van der Waals surface area (Å²) in [5.41, 5.74) is 0.535. The van der Waals surface area contributed by atoms with Gasteiger partial charge in [0.15, 0.2) is 0 Å². The van der Waals surface area contributed by atoms with Crippen molar-refractivity contribution in [1.29, 1.82) is 0 Å². The van der Waals surface area contributed by atoms with Crippen LogP contribution >= 0.6 is 0 Å². The second-order valence-corrected chi connectivity index (χ2v) is 4.67. The van der Waals surface area contributed by atoms with Crippen molar-refractivity contribution >= 4 is 11.9 Å². The van der Waals surface area contributed by atoms with E-state index in [0.29, 0.717) is 18.4 Å². The van der Waals surface area contributed by atoms with Crippen molar-refractivity contribution in [3.05, 3.63) is 11.6 Å². The Hall–Kier alpha value is -1.32. The normalized spacial score (nSPS) is 11.4. The molecule has 0 unspecified atom stereocenters. The molecule has 0 aromatic heterocycles. The van der Waals surface area contributed by atoms with E-state index in [1.54, 1.807) is 0 Å². The zero-order chi connectivity index (χ0) is 14.5. The van der Waals surface area contributed by atoms with E-state index in [0.717, 1.165) is 44.9 Å². The third-order valence-corrected chi connectivity index (χ3v) is 3.00. The van der Waals surface area contributed by atoms with Crippen LogP contribution < -0.4 is 0 Å². The molecule has 0 spiro atoms. The van der Waals surface area contributed by atoms with E-state index < -0.39 is 5.97 Å². The van der Waals surface area contributed by atoms with Crippen LogP contribution in [0.1, 0.15) is 64.7 Å². The van der Waals surface area contributed by atoms with Gasteiger partial charge in [0.25, 0.3) is 0 Å². The van der Waals surface area contributed by atoms with E-state index in [-0.39, 0.29) is 5.97 Å². The first-order valence-electron chi connectivity index (χ1n) is 7.11. The maximum atomic E-state index is 10.9. The number of unbranched alkanes of at least 4 members (excludes halogenated alkanes) is 5. The van der Waals surface area contributed by atoms with Crippen LogP contribution in [0.15, 0.2) is 11.6 Å². The Labute approximate surface area is 115 Å². The van der Waals surface area contributed by atoms with Crippen molar-refractivity contribution in [3.8, 4) is 0 Å². The number of hydrogen-bond acceptors (Lipinski definition) is 3. The van der Waals surface area contributed by atoms with Gasteiger partial charge in [-0.15, -0.1) is 0 Å². The molecule has 1 N–H and O–H groups in total. The third-order valence-electron chi connectivity index (χ3n) is 3.00. The molecule has 0 aromatic carbocycles. The van der Waals surface area contributed by atoms with Crippen LogP contribution in [0.25, 0.3) is 0 Å². The molecule has 4 heteroatoms. The number of carboxylic acid groups (broad SMARTS) is 1. The number of rotatable bonds is 11. The molecule has 0 aromatic rings. The molecular weight excluding hydrogens is 244 g/mol. The standard InChI is InChI=1S/C15H26O4/c1-3-10-13(15(17)18)11-8-6-4-5-7-9-12-14(16)19-2/h11H,3-10,12H2,1-2H3,(H,17,18). The molecular formula is C15H26O4. The Bertz CT molecular complexity index is 295. The minimum absolute atomic E-state index is 0.145.